The number of benzene rings is 1. The monoisotopic (exact) mass is 360 g/mol. The van der Waals surface area contributed by atoms with Crippen LogP contribution in [0.25, 0.3) is 16.3 Å². The molecule has 0 amide bonds. The molecule has 0 aliphatic heterocycles. The molecule has 3 aromatic heterocycles. The molecule has 4 nitrogen and oxygen atoms in total. The van der Waals surface area contributed by atoms with E-state index in [1.807, 2.05) is 41.2 Å². The van der Waals surface area contributed by atoms with Crippen LogP contribution in [0.3, 0.4) is 0 Å². The van der Waals surface area contributed by atoms with Crippen LogP contribution in [0.4, 0.5) is 0 Å². The van der Waals surface area contributed by atoms with Crippen LogP contribution in [-0.4, -0.2) is 21.3 Å². The molecule has 0 spiro atoms. The Hall–Kier alpha value is -2.76. The van der Waals surface area contributed by atoms with Gasteiger partial charge in [-0.25, -0.2) is 4.68 Å². The Kier molecular flexibility index (Phi) is 5.19. The molecule has 0 aliphatic carbocycles. The van der Waals surface area contributed by atoms with E-state index in [-0.39, 0.29) is 0 Å². The van der Waals surface area contributed by atoms with Gasteiger partial charge in [0.05, 0.1) is 10.6 Å². The fraction of sp³-hybridized carbons (Fsp3) is 0.143. The number of aromatic nitrogens is 3. The molecule has 5 heteroatoms. The van der Waals surface area contributed by atoms with E-state index in [4.69, 9.17) is 5.10 Å². The van der Waals surface area contributed by atoms with Gasteiger partial charge < -0.3 is 5.32 Å². The van der Waals surface area contributed by atoms with Crippen molar-refractivity contribution in [3.63, 3.8) is 0 Å². The van der Waals surface area contributed by atoms with Crippen molar-refractivity contribution in [1.29, 1.82) is 0 Å². The van der Waals surface area contributed by atoms with E-state index in [1.165, 1.54) is 10.4 Å². The van der Waals surface area contributed by atoms with Crippen molar-refractivity contribution in [3.05, 3.63) is 89.7 Å². The molecule has 0 saturated carbocycles. The van der Waals surface area contributed by atoms with Crippen LogP contribution in [0.1, 0.15) is 11.3 Å². The maximum atomic E-state index is 4.83. The van der Waals surface area contributed by atoms with Crippen LogP contribution in [-0.2, 0) is 13.0 Å². The topological polar surface area (TPSA) is 42.7 Å². The highest BCUT2D eigenvalue weighted by molar-refractivity contribution is 7.13. The highest BCUT2D eigenvalue weighted by atomic mass is 32.1. The molecule has 0 fully saturated rings. The zero-order valence-electron chi connectivity index (χ0n) is 14.4. The second-order valence-electron chi connectivity index (χ2n) is 6.01. The molecule has 0 saturated heterocycles. The Balaban J connectivity index is 1.50. The summed E-state index contributed by atoms with van der Waals surface area (Å²) < 4.78 is 1.96. The number of thiophene rings is 1. The minimum atomic E-state index is 0.785. The Morgan fingerprint density at radius 1 is 0.962 bits per heavy atom. The van der Waals surface area contributed by atoms with Gasteiger partial charge >= 0.3 is 0 Å². The van der Waals surface area contributed by atoms with Crippen molar-refractivity contribution in [2.45, 2.75) is 13.0 Å². The molecular formula is C21H20N4S. The number of hydrogen-bond acceptors (Lipinski definition) is 4. The lowest BCUT2D eigenvalue weighted by Crippen LogP contribution is -2.17. The van der Waals surface area contributed by atoms with E-state index >= 15 is 0 Å². The van der Waals surface area contributed by atoms with Crippen LogP contribution < -0.4 is 5.32 Å². The first kappa shape index (κ1) is 16.7. The third kappa shape index (κ3) is 3.90. The van der Waals surface area contributed by atoms with Crippen molar-refractivity contribution < 1.29 is 0 Å². The fourth-order valence-electron chi connectivity index (χ4n) is 2.86. The summed E-state index contributed by atoms with van der Waals surface area (Å²) in [5.74, 6) is 0. The number of hydrogen-bond donors (Lipinski definition) is 1. The lowest BCUT2D eigenvalue weighted by atomic mass is 10.2. The minimum Gasteiger partial charge on any atom is -0.312 e. The third-order valence-electron chi connectivity index (χ3n) is 4.16. The molecule has 130 valence electrons. The van der Waals surface area contributed by atoms with Gasteiger partial charge in [0.1, 0.15) is 5.69 Å². The minimum absolute atomic E-state index is 0.785. The van der Waals surface area contributed by atoms with Crippen LogP contribution in [0.5, 0.6) is 0 Å². The maximum Gasteiger partial charge on any atom is 0.107 e. The molecule has 4 rings (SSSR count). The lowest BCUT2D eigenvalue weighted by molar-refractivity contribution is 0.680. The van der Waals surface area contributed by atoms with Gasteiger partial charge in [-0.1, -0.05) is 30.3 Å². The smallest absolute Gasteiger partial charge is 0.107 e. The molecule has 0 radical (unpaired) electrons. The van der Waals surface area contributed by atoms with E-state index in [0.29, 0.717) is 0 Å². The van der Waals surface area contributed by atoms with E-state index in [0.717, 1.165) is 36.6 Å². The molecule has 3 heterocycles. The second kappa shape index (κ2) is 8.08. The van der Waals surface area contributed by atoms with Crippen LogP contribution in [0.15, 0.2) is 78.4 Å². The summed E-state index contributed by atoms with van der Waals surface area (Å²) >= 11 is 1.72. The lowest BCUT2D eigenvalue weighted by Gasteiger charge is -2.04. The summed E-state index contributed by atoms with van der Waals surface area (Å²) in [6.45, 7) is 1.67. The van der Waals surface area contributed by atoms with Crippen molar-refractivity contribution in [3.8, 4) is 16.3 Å². The van der Waals surface area contributed by atoms with E-state index < -0.39 is 0 Å². The van der Waals surface area contributed by atoms with E-state index in [2.05, 4.69) is 52.2 Å². The van der Waals surface area contributed by atoms with Crippen molar-refractivity contribution in [2.24, 2.45) is 0 Å². The van der Waals surface area contributed by atoms with Crippen molar-refractivity contribution in [1.82, 2.24) is 20.1 Å². The normalized spacial score (nSPS) is 10.9. The summed E-state index contributed by atoms with van der Waals surface area (Å²) in [6.07, 6.45) is 4.88. The molecule has 1 N–H and O–H groups in total. The van der Waals surface area contributed by atoms with Crippen LogP contribution >= 0.6 is 11.3 Å². The SMILES string of the molecule is c1ccc(-n2cc(CNCCc3ccccn3)c(-c3cccs3)n2)cc1. The fourth-order valence-corrected chi connectivity index (χ4v) is 3.60. The van der Waals surface area contributed by atoms with Gasteiger partial charge in [0, 0.05) is 43.2 Å². The van der Waals surface area contributed by atoms with Crippen molar-refractivity contribution in [2.75, 3.05) is 6.54 Å². The standard InChI is InChI=1S/C21H20N4S/c1-2-8-19(9-3-1)25-16-17(21(24-25)20-10-6-14-26-20)15-22-13-11-18-7-4-5-12-23-18/h1-10,12,14,16,22H,11,13,15H2. The van der Waals surface area contributed by atoms with Crippen LogP contribution in [0.2, 0.25) is 0 Å². The molecular weight excluding hydrogens is 340 g/mol. The largest absolute Gasteiger partial charge is 0.312 e. The summed E-state index contributed by atoms with van der Waals surface area (Å²) in [7, 11) is 0. The Morgan fingerprint density at radius 2 is 1.85 bits per heavy atom. The highest BCUT2D eigenvalue weighted by Gasteiger charge is 2.12. The van der Waals surface area contributed by atoms with Gasteiger partial charge in [-0.05, 0) is 35.7 Å². The van der Waals surface area contributed by atoms with Gasteiger partial charge in [0.25, 0.3) is 0 Å². The molecule has 4 aromatic rings. The zero-order chi connectivity index (χ0) is 17.6. The number of nitrogens with zero attached hydrogens (tertiary/aromatic N) is 3. The number of pyridine rings is 1. The number of rotatable bonds is 7. The second-order valence-corrected chi connectivity index (χ2v) is 6.96. The molecule has 0 unspecified atom stereocenters. The zero-order valence-corrected chi connectivity index (χ0v) is 15.2. The van der Waals surface area contributed by atoms with E-state index in [9.17, 15) is 0 Å². The average molecular weight is 360 g/mol. The quantitative estimate of drug-likeness (QED) is 0.499. The van der Waals surface area contributed by atoms with Gasteiger partial charge in [-0.3, -0.25) is 4.98 Å². The van der Waals surface area contributed by atoms with E-state index in [1.54, 1.807) is 11.3 Å². The Morgan fingerprint density at radius 3 is 2.62 bits per heavy atom. The van der Waals surface area contributed by atoms with Gasteiger partial charge in [0.2, 0.25) is 0 Å². The van der Waals surface area contributed by atoms with Gasteiger partial charge in [-0.15, -0.1) is 11.3 Å². The first-order valence-corrected chi connectivity index (χ1v) is 9.56. The van der Waals surface area contributed by atoms with Crippen LogP contribution in [0, 0.1) is 0 Å². The molecule has 1 aromatic carbocycles. The Bertz CT molecular complexity index is 931. The molecule has 26 heavy (non-hydrogen) atoms. The average Bonchev–Trinajstić information content (AvgIpc) is 3.36. The summed E-state index contributed by atoms with van der Waals surface area (Å²) in [6, 6.07) is 20.5. The first-order valence-electron chi connectivity index (χ1n) is 8.68. The predicted molar refractivity (Wildman–Crippen MR) is 107 cm³/mol. The highest BCUT2D eigenvalue weighted by Crippen LogP contribution is 2.27. The molecule has 0 aliphatic rings. The van der Waals surface area contributed by atoms with Gasteiger partial charge in [0.15, 0.2) is 0 Å². The van der Waals surface area contributed by atoms with Gasteiger partial charge in [-0.2, -0.15) is 5.10 Å². The maximum absolute atomic E-state index is 4.83. The first-order chi connectivity index (χ1) is 12.9. The molecule has 0 bridgehead atoms. The number of nitrogens with one attached hydrogen (secondary N) is 1. The number of para-hydroxylation sites is 1. The van der Waals surface area contributed by atoms with Crippen molar-refractivity contribution >= 4 is 11.3 Å². The summed E-state index contributed by atoms with van der Waals surface area (Å²) in [5.41, 5.74) is 4.44. The summed E-state index contributed by atoms with van der Waals surface area (Å²) in [5, 5.41) is 10.5. The third-order valence-corrected chi connectivity index (χ3v) is 5.04. The molecule has 0 atom stereocenters. The predicted octanol–water partition coefficient (Wildman–Crippen LogP) is 4.33. The Labute approximate surface area is 157 Å². The summed E-state index contributed by atoms with van der Waals surface area (Å²) in [4.78, 5) is 5.57.